The van der Waals surface area contributed by atoms with Crippen LogP contribution >= 0.6 is 0 Å². The zero-order valence-electron chi connectivity index (χ0n) is 14.7. The zero-order valence-corrected chi connectivity index (χ0v) is 15.6. The molecule has 8 heteroatoms. The summed E-state index contributed by atoms with van der Waals surface area (Å²) in [6.45, 7) is 3.73. The third kappa shape index (κ3) is 3.69. The quantitative estimate of drug-likeness (QED) is 0.785. The standard InChI is InChI=1S/C17H23NO6S/c1-10(2)25(21,22)14-6-5-11(16(19)23-3)9-13(14)15-12(7-8-18-15)17(20)24-4/h5-6,9-10,12,15,18H,7-8H2,1-4H3/t12-,15-/m1/s1. The Labute approximate surface area is 147 Å². The summed E-state index contributed by atoms with van der Waals surface area (Å²) in [5, 5.41) is 2.53. The number of carbonyl (C=O) groups excluding carboxylic acids is 2. The van der Waals surface area contributed by atoms with Gasteiger partial charge in [0.2, 0.25) is 0 Å². The molecule has 0 radical (unpaired) electrons. The van der Waals surface area contributed by atoms with E-state index in [0.29, 0.717) is 18.5 Å². The van der Waals surface area contributed by atoms with Gasteiger partial charge in [0.15, 0.2) is 9.84 Å². The van der Waals surface area contributed by atoms with Crippen LogP contribution in [-0.4, -0.2) is 46.4 Å². The first-order valence-electron chi connectivity index (χ1n) is 8.01. The Kier molecular flexibility index (Phi) is 5.84. The number of sulfone groups is 1. The van der Waals surface area contributed by atoms with Crippen molar-refractivity contribution in [2.45, 2.75) is 36.5 Å². The van der Waals surface area contributed by atoms with E-state index in [1.807, 2.05) is 0 Å². The second kappa shape index (κ2) is 7.53. The molecule has 1 aliphatic heterocycles. The van der Waals surface area contributed by atoms with Gasteiger partial charge in [-0.1, -0.05) is 0 Å². The van der Waals surface area contributed by atoms with Gasteiger partial charge < -0.3 is 14.8 Å². The van der Waals surface area contributed by atoms with E-state index in [1.54, 1.807) is 13.8 Å². The largest absolute Gasteiger partial charge is 0.469 e. The van der Waals surface area contributed by atoms with Crippen molar-refractivity contribution in [1.82, 2.24) is 5.32 Å². The van der Waals surface area contributed by atoms with Crippen LogP contribution in [0.25, 0.3) is 0 Å². The Morgan fingerprint density at radius 3 is 2.44 bits per heavy atom. The van der Waals surface area contributed by atoms with Crippen LogP contribution in [0.15, 0.2) is 23.1 Å². The highest BCUT2D eigenvalue weighted by Gasteiger charge is 2.38. The van der Waals surface area contributed by atoms with Gasteiger partial charge >= 0.3 is 11.9 Å². The fraction of sp³-hybridized carbons (Fsp3) is 0.529. The summed E-state index contributed by atoms with van der Waals surface area (Å²) in [7, 11) is -1.04. The van der Waals surface area contributed by atoms with Crippen molar-refractivity contribution in [2.75, 3.05) is 20.8 Å². The maximum absolute atomic E-state index is 12.7. The minimum absolute atomic E-state index is 0.114. The molecule has 1 aromatic carbocycles. The Morgan fingerprint density at radius 2 is 1.88 bits per heavy atom. The molecule has 138 valence electrons. The number of carbonyl (C=O) groups is 2. The molecule has 1 fully saturated rings. The second-order valence-electron chi connectivity index (χ2n) is 6.19. The first-order chi connectivity index (χ1) is 11.7. The maximum Gasteiger partial charge on any atom is 0.337 e. The van der Waals surface area contributed by atoms with Crippen molar-refractivity contribution in [3.8, 4) is 0 Å². The topological polar surface area (TPSA) is 98.8 Å². The van der Waals surface area contributed by atoms with E-state index >= 15 is 0 Å². The summed E-state index contributed by atoms with van der Waals surface area (Å²) in [6.07, 6.45) is 0.529. The van der Waals surface area contributed by atoms with Gasteiger partial charge in [0.25, 0.3) is 0 Å². The van der Waals surface area contributed by atoms with Crippen LogP contribution in [0.5, 0.6) is 0 Å². The smallest absolute Gasteiger partial charge is 0.337 e. The predicted molar refractivity (Wildman–Crippen MR) is 91.0 cm³/mol. The fourth-order valence-electron chi connectivity index (χ4n) is 2.98. The van der Waals surface area contributed by atoms with Gasteiger partial charge in [0, 0.05) is 6.04 Å². The third-order valence-electron chi connectivity index (χ3n) is 4.42. The van der Waals surface area contributed by atoms with E-state index in [1.165, 1.54) is 32.4 Å². The van der Waals surface area contributed by atoms with Gasteiger partial charge in [-0.05, 0) is 50.6 Å². The molecule has 25 heavy (non-hydrogen) atoms. The monoisotopic (exact) mass is 369 g/mol. The lowest BCUT2D eigenvalue weighted by Gasteiger charge is -2.22. The molecule has 2 rings (SSSR count). The van der Waals surface area contributed by atoms with Gasteiger partial charge in [-0.3, -0.25) is 4.79 Å². The SMILES string of the molecule is COC(=O)c1ccc(S(=O)(=O)C(C)C)c([C@@H]2NCC[C@H]2C(=O)OC)c1. The molecule has 0 bridgehead atoms. The summed E-state index contributed by atoms with van der Waals surface area (Å²) in [5.74, 6) is -1.49. The van der Waals surface area contributed by atoms with Gasteiger partial charge in [-0.25, -0.2) is 13.2 Å². The second-order valence-corrected chi connectivity index (χ2v) is 8.66. The lowest BCUT2D eigenvalue weighted by Crippen LogP contribution is -2.27. The van der Waals surface area contributed by atoms with Crippen LogP contribution < -0.4 is 5.32 Å². The number of hydrogen-bond donors (Lipinski definition) is 1. The van der Waals surface area contributed by atoms with Crippen LogP contribution in [0, 0.1) is 5.92 Å². The third-order valence-corrected chi connectivity index (χ3v) is 6.65. The molecule has 0 spiro atoms. The van der Waals surface area contributed by atoms with Crippen molar-refractivity contribution < 1.29 is 27.5 Å². The molecule has 1 N–H and O–H groups in total. The molecule has 1 aliphatic rings. The average molecular weight is 369 g/mol. The highest BCUT2D eigenvalue weighted by Crippen LogP contribution is 2.36. The Bertz CT molecular complexity index is 771. The number of rotatable bonds is 5. The predicted octanol–water partition coefficient (Wildman–Crippen LogP) is 1.48. The molecule has 0 saturated carbocycles. The molecule has 0 aliphatic carbocycles. The van der Waals surface area contributed by atoms with Crippen LogP contribution in [0.1, 0.15) is 42.2 Å². The Balaban J connectivity index is 2.63. The molecule has 1 heterocycles. The first kappa shape index (κ1) is 19.4. The summed E-state index contributed by atoms with van der Waals surface area (Å²) in [6, 6.07) is 3.78. The number of benzene rings is 1. The number of esters is 2. The molecule has 1 saturated heterocycles. The van der Waals surface area contributed by atoms with Gasteiger partial charge in [-0.2, -0.15) is 0 Å². The van der Waals surface area contributed by atoms with E-state index < -0.39 is 39.0 Å². The summed E-state index contributed by atoms with van der Waals surface area (Å²) in [4.78, 5) is 24.0. The van der Waals surface area contributed by atoms with Crippen molar-refractivity contribution in [1.29, 1.82) is 0 Å². The van der Waals surface area contributed by atoms with Gasteiger partial charge in [0.05, 0.1) is 35.8 Å². The lowest BCUT2D eigenvalue weighted by molar-refractivity contribution is -0.145. The van der Waals surface area contributed by atoms with E-state index in [9.17, 15) is 18.0 Å². The minimum atomic E-state index is -3.59. The highest BCUT2D eigenvalue weighted by molar-refractivity contribution is 7.92. The number of methoxy groups -OCH3 is 2. The molecule has 0 unspecified atom stereocenters. The van der Waals surface area contributed by atoms with Crippen LogP contribution in [0.3, 0.4) is 0 Å². The van der Waals surface area contributed by atoms with Gasteiger partial charge in [0.1, 0.15) is 0 Å². The summed E-state index contributed by atoms with van der Waals surface area (Å²) < 4.78 is 35.1. The highest BCUT2D eigenvalue weighted by atomic mass is 32.2. The molecule has 2 atom stereocenters. The molecular formula is C17H23NO6S. The molecule has 0 aromatic heterocycles. The first-order valence-corrected chi connectivity index (χ1v) is 9.56. The van der Waals surface area contributed by atoms with E-state index in [0.717, 1.165) is 0 Å². The lowest BCUT2D eigenvalue weighted by atomic mass is 9.93. The van der Waals surface area contributed by atoms with Crippen molar-refractivity contribution >= 4 is 21.8 Å². The summed E-state index contributed by atoms with van der Waals surface area (Å²) >= 11 is 0. The molecular weight excluding hydrogens is 346 g/mol. The number of hydrogen-bond acceptors (Lipinski definition) is 7. The minimum Gasteiger partial charge on any atom is -0.469 e. The number of nitrogens with one attached hydrogen (secondary N) is 1. The Morgan fingerprint density at radius 1 is 1.20 bits per heavy atom. The zero-order chi connectivity index (χ0) is 18.8. The molecule has 1 aromatic rings. The van der Waals surface area contributed by atoms with Crippen LogP contribution in [0.4, 0.5) is 0 Å². The number of ether oxygens (including phenoxy) is 2. The molecule has 0 amide bonds. The maximum atomic E-state index is 12.7. The fourth-order valence-corrected chi connectivity index (χ4v) is 4.26. The molecule has 7 nitrogen and oxygen atoms in total. The van der Waals surface area contributed by atoms with Crippen LogP contribution in [0.2, 0.25) is 0 Å². The van der Waals surface area contributed by atoms with Crippen molar-refractivity contribution in [3.05, 3.63) is 29.3 Å². The van der Waals surface area contributed by atoms with Gasteiger partial charge in [-0.15, -0.1) is 0 Å². The summed E-state index contributed by atoms with van der Waals surface area (Å²) in [5.41, 5.74) is 0.627. The van der Waals surface area contributed by atoms with E-state index in [2.05, 4.69) is 5.32 Å². The van der Waals surface area contributed by atoms with Crippen molar-refractivity contribution in [3.63, 3.8) is 0 Å². The van der Waals surface area contributed by atoms with Crippen LogP contribution in [-0.2, 0) is 24.1 Å². The van der Waals surface area contributed by atoms with E-state index in [4.69, 9.17) is 9.47 Å². The average Bonchev–Trinajstić information content (AvgIpc) is 3.09. The van der Waals surface area contributed by atoms with Crippen molar-refractivity contribution in [2.24, 2.45) is 5.92 Å². The van der Waals surface area contributed by atoms with E-state index in [-0.39, 0.29) is 10.5 Å². The normalized spacial score (nSPS) is 20.5. The Hall–Kier alpha value is -1.93.